The van der Waals surface area contributed by atoms with E-state index in [0.717, 1.165) is 5.92 Å². The first-order valence-electron chi connectivity index (χ1n) is 4.63. The van der Waals surface area contributed by atoms with E-state index < -0.39 is 0 Å². The van der Waals surface area contributed by atoms with Gasteiger partial charge in [0.25, 0.3) is 0 Å². The summed E-state index contributed by atoms with van der Waals surface area (Å²) >= 11 is 0. The van der Waals surface area contributed by atoms with E-state index in [1.165, 1.54) is 25.7 Å². The van der Waals surface area contributed by atoms with Crippen LogP contribution in [0.25, 0.3) is 0 Å². The van der Waals surface area contributed by atoms with E-state index in [0.29, 0.717) is 0 Å². The molecular formula is C10H19Si. The monoisotopic (exact) mass is 167 g/mol. The van der Waals surface area contributed by atoms with E-state index in [9.17, 15) is 0 Å². The van der Waals surface area contributed by atoms with Gasteiger partial charge in [-0.25, -0.2) is 0 Å². The summed E-state index contributed by atoms with van der Waals surface area (Å²) in [6.45, 7) is 6.81. The number of hydrogen-bond acceptors (Lipinski definition) is 0. The Morgan fingerprint density at radius 2 is 2.00 bits per heavy atom. The highest BCUT2D eigenvalue weighted by molar-refractivity contribution is 6.54. The molecule has 2 aliphatic carbocycles. The summed E-state index contributed by atoms with van der Waals surface area (Å²) in [6.07, 6.45) is 8.18. The lowest BCUT2D eigenvalue weighted by atomic mass is 10.1. The molecule has 2 bridgehead atoms. The Labute approximate surface area is 72.3 Å². The van der Waals surface area contributed by atoms with Crippen molar-refractivity contribution in [3.05, 3.63) is 11.6 Å². The molecule has 0 N–H and O–H groups in total. The molecule has 1 saturated carbocycles. The highest BCUT2D eigenvalue weighted by atomic mass is 28.3. The Hall–Kier alpha value is -0.0431. The predicted molar refractivity (Wildman–Crippen MR) is 53.4 cm³/mol. The average molecular weight is 167 g/mol. The number of fused-ring (bicyclic) bond motifs is 2. The Bertz CT molecular complexity index is 144. The Kier molecular flexibility index (Phi) is 3.37. The standard InChI is InChI=1S/C7H10.C3H9Si/c1-2-7-4-3-6(1)5-7;1-4(2)3/h1,7H,2-5H2;1-3H3. The highest BCUT2D eigenvalue weighted by Crippen LogP contribution is 2.38. The summed E-state index contributed by atoms with van der Waals surface area (Å²) in [5.41, 5.74) is 1.74. The Morgan fingerprint density at radius 1 is 1.36 bits per heavy atom. The van der Waals surface area contributed by atoms with E-state index in [1.54, 1.807) is 5.57 Å². The molecule has 0 spiro atoms. The maximum absolute atomic E-state index is 2.42. The molecule has 0 amide bonds. The molecule has 1 unspecified atom stereocenters. The molecule has 1 radical (unpaired) electrons. The fraction of sp³-hybridized carbons (Fsp3) is 0.800. The van der Waals surface area contributed by atoms with Crippen LogP contribution >= 0.6 is 0 Å². The van der Waals surface area contributed by atoms with Gasteiger partial charge >= 0.3 is 0 Å². The molecular weight excluding hydrogens is 148 g/mol. The minimum absolute atomic E-state index is 0.120. The van der Waals surface area contributed by atoms with Crippen LogP contribution in [-0.4, -0.2) is 8.80 Å². The SMILES string of the molecule is C1=C2CCC(C1)C2.C[Si](C)C. The first kappa shape index (κ1) is 9.05. The van der Waals surface area contributed by atoms with Crippen LogP contribution in [0.2, 0.25) is 19.6 Å². The van der Waals surface area contributed by atoms with Gasteiger partial charge in [-0.2, -0.15) is 0 Å². The van der Waals surface area contributed by atoms with Crippen LogP contribution in [0.4, 0.5) is 0 Å². The topological polar surface area (TPSA) is 0 Å². The molecule has 0 aliphatic heterocycles. The molecule has 0 nitrogen and oxygen atoms in total. The van der Waals surface area contributed by atoms with Crippen molar-refractivity contribution in [3.63, 3.8) is 0 Å². The van der Waals surface area contributed by atoms with Crippen LogP contribution in [0.15, 0.2) is 11.6 Å². The third-order valence-electron chi connectivity index (χ3n) is 2.16. The van der Waals surface area contributed by atoms with Gasteiger partial charge in [-0.05, 0) is 31.6 Å². The van der Waals surface area contributed by atoms with E-state index in [1.807, 2.05) is 0 Å². The van der Waals surface area contributed by atoms with E-state index in [2.05, 4.69) is 25.7 Å². The van der Waals surface area contributed by atoms with E-state index in [-0.39, 0.29) is 8.80 Å². The molecule has 0 heterocycles. The second-order valence-corrected chi connectivity index (χ2v) is 7.21. The molecule has 0 aromatic rings. The largest absolute Gasteiger partial charge is 0.0850 e. The third-order valence-corrected chi connectivity index (χ3v) is 2.16. The van der Waals surface area contributed by atoms with Crippen LogP contribution in [0.3, 0.4) is 0 Å². The average Bonchev–Trinajstić information content (AvgIpc) is 2.45. The lowest BCUT2D eigenvalue weighted by molar-refractivity contribution is 0.576. The minimum atomic E-state index is 0.120. The Balaban J connectivity index is 0.000000134. The van der Waals surface area contributed by atoms with Gasteiger partial charge in [-0.1, -0.05) is 31.3 Å². The van der Waals surface area contributed by atoms with Gasteiger partial charge in [0.1, 0.15) is 0 Å². The molecule has 1 heteroatoms. The summed E-state index contributed by atoms with van der Waals surface area (Å²) in [4.78, 5) is 0. The van der Waals surface area contributed by atoms with Crippen molar-refractivity contribution in [1.29, 1.82) is 0 Å². The summed E-state index contributed by atoms with van der Waals surface area (Å²) in [5.74, 6) is 1.08. The lowest BCUT2D eigenvalue weighted by Crippen LogP contribution is -1.85. The summed E-state index contributed by atoms with van der Waals surface area (Å²) < 4.78 is 0. The first-order chi connectivity index (χ1) is 5.18. The van der Waals surface area contributed by atoms with Crippen LogP contribution in [-0.2, 0) is 0 Å². The number of rotatable bonds is 0. The minimum Gasteiger partial charge on any atom is -0.0850 e. The van der Waals surface area contributed by atoms with Crippen molar-refractivity contribution < 1.29 is 0 Å². The van der Waals surface area contributed by atoms with Gasteiger partial charge in [0.05, 0.1) is 0 Å². The van der Waals surface area contributed by atoms with Crippen LogP contribution in [0.5, 0.6) is 0 Å². The molecule has 0 aromatic carbocycles. The normalized spacial score (nSPS) is 26.5. The molecule has 1 fully saturated rings. The summed E-state index contributed by atoms with van der Waals surface area (Å²) in [6, 6.07) is 0. The lowest BCUT2D eigenvalue weighted by Gasteiger charge is -1.98. The fourth-order valence-electron chi connectivity index (χ4n) is 1.68. The maximum atomic E-state index is 2.42. The van der Waals surface area contributed by atoms with Gasteiger partial charge in [-0.3, -0.25) is 0 Å². The smallest absolute Gasteiger partial charge is 0.0379 e. The van der Waals surface area contributed by atoms with Gasteiger partial charge < -0.3 is 0 Å². The molecule has 1 atom stereocenters. The van der Waals surface area contributed by atoms with Gasteiger partial charge in [0.15, 0.2) is 0 Å². The number of allylic oxidation sites excluding steroid dienone is 2. The zero-order valence-electron chi connectivity index (χ0n) is 7.98. The molecule has 2 rings (SSSR count). The molecule has 63 valence electrons. The fourth-order valence-corrected chi connectivity index (χ4v) is 1.68. The number of hydrogen-bond donors (Lipinski definition) is 0. The molecule has 0 saturated heterocycles. The second kappa shape index (κ2) is 4.10. The van der Waals surface area contributed by atoms with Gasteiger partial charge in [-0.15, -0.1) is 0 Å². The summed E-state index contributed by atoms with van der Waals surface area (Å²) in [7, 11) is 0.120. The van der Waals surface area contributed by atoms with Crippen LogP contribution in [0, 0.1) is 5.92 Å². The van der Waals surface area contributed by atoms with E-state index >= 15 is 0 Å². The zero-order valence-corrected chi connectivity index (χ0v) is 8.98. The third kappa shape index (κ3) is 3.24. The Morgan fingerprint density at radius 3 is 2.09 bits per heavy atom. The molecule has 0 aromatic heterocycles. The summed E-state index contributed by atoms with van der Waals surface area (Å²) in [5, 5.41) is 0. The second-order valence-electron chi connectivity index (χ2n) is 4.21. The molecule has 2 aliphatic rings. The van der Waals surface area contributed by atoms with Gasteiger partial charge in [0.2, 0.25) is 0 Å². The quantitative estimate of drug-likeness (QED) is 0.383. The molecule has 11 heavy (non-hydrogen) atoms. The van der Waals surface area contributed by atoms with Crippen molar-refractivity contribution in [2.45, 2.75) is 45.3 Å². The van der Waals surface area contributed by atoms with Crippen LogP contribution in [0.1, 0.15) is 25.7 Å². The van der Waals surface area contributed by atoms with Crippen LogP contribution < -0.4 is 0 Å². The van der Waals surface area contributed by atoms with Crippen molar-refractivity contribution in [3.8, 4) is 0 Å². The predicted octanol–water partition coefficient (Wildman–Crippen LogP) is 3.49. The highest BCUT2D eigenvalue weighted by Gasteiger charge is 2.22. The zero-order chi connectivity index (χ0) is 8.27. The van der Waals surface area contributed by atoms with E-state index in [4.69, 9.17) is 0 Å². The van der Waals surface area contributed by atoms with Crippen molar-refractivity contribution in [2.24, 2.45) is 5.92 Å². The first-order valence-corrected chi connectivity index (χ1v) is 7.63. The van der Waals surface area contributed by atoms with Gasteiger partial charge in [0, 0.05) is 8.80 Å². The van der Waals surface area contributed by atoms with Crippen molar-refractivity contribution >= 4 is 8.80 Å². The van der Waals surface area contributed by atoms with Crippen molar-refractivity contribution in [1.82, 2.24) is 0 Å². The van der Waals surface area contributed by atoms with Crippen molar-refractivity contribution in [2.75, 3.05) is 0 Å². The maximum Gasteiger partial charge on any atom is 0.0379 e.